The summed E-state index contributed by atoms with van der Waals surface area (Å²) >= 11 is 0. The molecule has 0 aromatic heterocycles. The Bertz CT molecular complexity index is 782. The molecule has 14 aliphatic carbocycles. The van der Waals surface area contributed by atoms with E-state index in [2.05, 4.69) is 96.9 Å². The largest absolute Gasteiger partial charge is 0.0630 e. The van der Waals surface area contributed by atoms with Gasteiger partial charge in [-0.25, -0.2) is 0 Å². The fourth-order valence-electron chi connectivity index (χ4n) is 7.54. The van der Waals surface area contributed by atoms with Crippen LogP contribution >= 0.6 is 0 Å². The monoisotopic (exact) mass is 969 g/mol. The van der Waals surface area contributed by atoms with Crippen LogP contribution in [-0.2, 0) is 0 Å². The highest BCUT2D eigenvalue weighted by atomic mass is 14.6. The van der Waals surface area contributed by atoms with Crippen molar-refractivity contribution in [2.24, 2.45) is 51.8 Å². The van der Waals surface area contributed by atoms with Gasteiger partial charge in [-0.1, -0.05) is 328 Å². The smallest absolute Gasteiger partial charge is 0.0287 e. The van der Waals surface area contributed by atoms with Crippen molar-refractivity contribution in [3.63, 3.8) is 0 Å². The lowest BCUT2D eigenvalue weighted by molar-refractivity contribution is -0.139. The fourth-order valence-corrected chi connectivity index (χ4v) is 7.54. The van der Waals surface area contributed by atoms with Gasteiger partial charge in [-0.05, 0) is 116 Å². The molecule has 14 saturated carbocycles. The fraction of sp³-hybridized carbons (Fsp3) is 1.00. The third-order valence-corrected chi connectivity index (χ3v) is 15.9. The van der Waals surface area contributed by atoms with Crippen molar-refractivity contribution >= 4 is 0 Å². The van der Waals surface area contributed by atoms with Crippen molar-refractivity contribution in [1.82, 2.24) is 0 Å². The molecule has 416 valence electrons. The van der Waals surface area contributed by atoms with E-state index in [4.69, 9.17) is 0 Å². The lowest BCUT2D eigenvalue weighted by Gasteiger charge is -2.65. The van der Waals surface area contributed by atoms with Gasteiger partial charge in [0, 0.05) is 0 Å². The first-order chi connectivity index (χ1) is 33.0. The van der Waals surface area contributed by atoms with Gasteiger partial charge in [0.25, 0.3) is 0 Å². The topological polar surface area (TPSA) is 0 Å². The summed E-state index contributed by atoms with van der Waals surface area (Å²) in [4.78, 5) is 0. The molecule has 14 rings (SSSR count). The Morgan fingerprint density at radius 1 is 0.203 bits per heavy atom. The molecule has 3 spiro atoms. The van der Waals surface area contributed by atoms with Crippen LogP contribution in [0.4, 0.5) is 0 Å². The lowest BCUT2D eigenvalue weighted by atomic mass is 9.40. The summed E-state index contributed by atoms with van der Waals surface area (Å²) in [5.41, 5.74) is 2.81. The zero-order valence-electron chi connectivity index (χ0n) is 51.5. The summed E-state index contributed by atoms with van der Waals surface area (Å²) in [5, 5.41) is 0. The molecular formula is C69H140. The molecule has 0 N–H and O–H groups in total. The average molecular weight is 970 g/mol. The van der Waals surface area contributed by atoms with Crippen molar-refractivity contribution in [3.8, 4) is 0 Å². The maximum atomic E-state index is 2.28. The first kappa shape index (κ1) is 69.0. The molecule has 0 nitrogen and oxygen atoms in total. The molecule has 0 amide bonds. The average Bonchev–Trinajstić information content (AvgIpc) is 3.87. The Balaban J connectivity index is 0.000000728. The lowest BCUT2D eigenvalue weighted by Crippen LogP contribution is -2.53. The molecule has 0 aromatic carbocycles. The third-order valence-electron chi connectivity index (χ3n) is 15.9. The molecule has 0 aromatic rings. The Hall–Kier alpha value is 0. The zero-order chi connectivity index (χ0) is 51.5. The van der Waals surface area contributed by atoms with Crippen LogP contribution in [0.1, 0.15) is 392 Å². The molecule has 69 heavy (non-hydrogen) atoms. The van der Waals surface area contributed by atoms with E-state index in [1.807, 2.05) is 0 Å². The Morgan fingerprint density at radius 3 is 0.333 bits per heavy atom. The standard InChI is InChI=1S/C10H16.C7H12.9C4H8.4C4H10/c1-3-9(4-1)7-10(8-9)5-2-6-10;1-3-7(4-1)5-2-6-7;2*1-4-2-3-4;7*1-2-4-3-1;4*1-4(2)3/h1-8H2;1-6H2;2*4H,2-3H2,1H3;7*1-4H2;4*4H,1-3H3. The second kappa shape index (κ2) is 45.4. The SMILES string of the molecule is C1CC2(C1)CC1(CCC1)C2.C1CC2(C1)CCC2.C1CCC1.C1CCC1.C1CCC1.C1CCC1.C1CCC1.C1CCC1.C1CCC1.CC(C)C.CC(C)C.CC(C)C.CC(C)C.CC1CC1.CC1CC1. The molecule has 0 aliphatic heterocycles. The van der Waals surface area contributed by atoms with Gasteiger partial charge in [0.1, 0.15) is 0 Å². The summed E-state index contributed by atoms with van der Waals surface area (Å²) in [6.45, 7) is 30.6. The molecule has 0 unspecified atom stereocenters. The molecule has 0 saturated heterocycles. The van der Waals surface area contributed by atoms with Crippen molar-refractivity contribution in [2.45, 2.75) is 392 Å². The van der Waals surface area contributed by atoms with Crippen molar-refractivity contribution in [1.29, 1.82) is 0 Å². The van der Waals surface area contributed by atoms with Crippen LogP contribution in [-0.4, -0.2) is 0 Å². The quantitative estimate of drug-likeness (QED) is 0.227. The maximum absolute atomic E-state index is 2.28. The van der Waals surface area contributed by atoms with E-state index in [0.29, 0.717) is 0 Å². The Kier molecular flexibility index (Phi) is 45.4. The normalized spacial score (nSPS) is 23.9. The first-order valence-electron chi connectivity index (χ1n) is 33.0. The van der Waals surface area contributed by atoms with Crippen molar-refractivity contribution in [3.05, 3.63) is 0 Å². The number of rotatable bonds is 0. The summed E-state index contributed by atoms with van der Waals surface area (Å²) in [6, 6.07) is 0. The second-order valence-corrected chi connectivity index (χ2v) is 28.5. The maximum Gasteiger partial charge on any atom is -0.0287 e. The van der Waals surface area contributed by atoms with Gasteiger partial charge in [0.2, 0.25) is 0 Å². The Labute approximate surface area is 442 Å². The minimum absolute atomic E-state index is 0.833. The van der Waals surface area contributed by atoms with Gasteiger partial charge in [0.05, 0.1) is 0 Å². The highest BCUT2D eigenvalue weighted by Gasteiger charge is 2.58. The molecule has 14 aliphatic rings. The molecule has 0 bridgehead atoms. The van der Waals surface area contributed by atoms with E-state index >= 15 is 0 Å². The predicted octanol–water partition coefficient (Wildman–Crippen LogP) is 25.9. The van der Waals surface area contributed by atoms with Crippen LogP contribution in [0.2, 0.25) is 0 Å². The van der Waals surface area contributed by atoms with Crippen LogP contribution in [0.3, 0.4) is 0 Å². The van der Waals surface area contributed by atoms with Gasteiger partial charge < -0.3 is 0 Å². The van der Waals surface area contributed by atoms with Crippen LogP contribution in [0, 0.1) is 51.8 Å². The van der Waals surface area contributed by atoms with Crippen molar-refractivity contribution < 1.29 is 0 Å². The van der Waals surface area contributed by atoms with Gasteiger partial charge in [-0.2, -0.15) is 0 Å². The summed E-state index contributed by atoms with van der Waals surface area (Å²) in [6.07, 6.45) is 69.9. The van der Waals surface area contributed by atoms with Gasteiger partial charge in [0.15, 0.2) is 0 Å². The van der Waals surface area contributed by atoms with E-state index in [1.54, 1.807) is 64.2 Å². The predicted molar refractivity (Wildman–Crippen MR) is 320 cm³/mol. The number of hydrogen-bond acceptors (Lipinski definition) is 0. The van der Waals surface area contributed by atoms with E-state index in [-0.39, 0.29) is 0 Å². The van der Waals surface area contributed by atoms with Crippen LogP contribution in [0.15, 0.2) is 0 Å². The highest BCUT2D eigenvalue weighted by Crippen LogP contribution is 2.70. The zero-order valence-corrected chi connectivity index (χ0v) is 51.5. The van der Waals surface area contributed by atoms with E-state index in [9.17, 15) is 0 Å². The Morgan fingerprint density at radius 2 is 0.304 bits per heavy atom. The molecule has 0 heteroatoms. The van der Waals surface area contributed by atoms with Gasteiger partial charge in [-0.3, -0.25) is 0 Å². The second-order valence-electron chi connectivity index (χ2n) is 28.5. The molecular weight excluding hydrogens is 829 g/mol. The highest BCUT2D eigenvalue weighted by molar-refractivity contribution is 5.09. The van der Waals surface area contributed by atoms with Crippen LogP contribution < -0.4 is 0 Å². The molecule has 14 fully saturated rings. The third kappa shape index (κ3) is 48.7. The van der Waals surface area contributed by atoms with Gasteiger partial charge >= 0.3 is 0 Å². The molecule has 0 atom stereocenters. The summed E-state index contributed by atoms with van der Waals surface area (Å²) in [5.74, 6) is 5.50. The van der Waals surface area contributed by atoms with Crippen LogP contribution in [0.25, 0.3) is 0 Å². The van der Waals surface area contributed by atoms with Crippen molar-refractivity contribution in [2.75, 3.05) is 0 Å². The minimum atomic E-state index is 0.833. The van der Waals surface area contributed by atoms with E-state index in [0.717, 1.165) is 51.8 Å². The molecule has 0 radical (unpaired) electrons. The first-order valence-corrected chi connectivity index (χ1v) is 33.0. The molecule has 0 heterocycles. The summed E-state index contributed by atoms with van der Waals surface area (Å²) in [7, 11) is 0. The number of hydrogen-bond donors (Lipinski definition) is 0. The van der Waals surface area contributed by atoms with Crippen LogP contribution in [0.5, 0.6) is 0 Å². The van der Waals surface area contributed by atoms with Gasteiger partial charge in [-0.15, -0.1) is 0 Å². The van der Waals surface area contributed by atoms with E-state index < -0.39 is 0 Å². The minimum Gasteiger partial charge on any atom is -0.0630 e. The van der Waals surface area contributed by atoms with E-state index in [1.165, 1.54) is 231 Å². The summed E-state index contributed by atoms with van der Waals surface area (Å²) < 4.78 is 0.